The van der Waals surface area contributed by atoms with Gasteiger partial charge in [-0.15, -0.1) is 10.2 Å². The number of hydrogen-bond donors (Lipinski definition) is 2. The molecule has 0 unspecified atom stereocenters. The van der Waals surface area contributed by atoms with Gasteiger partial charge in [0.1, 0.15) is 0 Å². The van der Waals surface area contributed by atoms with Crippen molar-refractivity contribution >= 4 is 29.2 Å². The van der Waals surface area contributed by atoms with E-state index in [4.69, 9.17) is 4.74 Å². The van der Waals surface area contributed by atoms with E-state index >= 15 is 0 Å². The third kappa shape index (κ3) is 4.50. The third-order valence-corrected chi connectivity index (χ3v) is 4.23. The highest BCUT2D eigenvalue weighted by molar-refractivity contribution is 6.03. The van der Waals surface area contributed by atoms with Gasteiger partial charge in [-0.3, -0.25) is 4.79 Å². The van der Waals surface area contributed by atoms with Gasteiger partial charge in [-0.2, -0.15) is 0 Å². The second kappa shape index (κ2) is 8.30. The van der Waals surface area contributed by atoms with E-state index in [0.717, 1.165) is 11.1 Å². The standard InChI is InChI=1S/C21H20N4O3/c1-13-7-8-15(11-14(13)2)20(26)23-19-10-9-18(24-25-19)22-17-6-4-5-16(12-17)21(27)28-3/h4-12H,1-3H3,(H,22,24)(H,23,25,26). The molecular weight excluding hydrogens is 356 g/mol. The van der Waals surface area contributed by atoms with Crippen molar-refractivity contribution in [1.82, 2.24) is 10.2 Å². The minimum atomic E-state index is -0.417. The molecule has 1 heterocycles. The van der Waals surface area contributed by atoms with Crippen LogP contribution in [0.15, 0.2) is 54.6 Å². The zero-order chi connectivity index (χ0) is 20.1. The van der Waals surface area contributed by atoms with Gasteiger partial charge in [0.05, 0.1) is 12.7 Å². The monoisotopic (exact) mass is 376 g/mol. The highest BCUT2D eigenvalue weighted by Crippen LogP contribution is 2.17. The summed E-state index contributed by atoms with van der Waals surface area (Å²) in [6, 6.07) is 15.7. The van der Waals surface area contributed by atoms with Gasteiger partial charge >= 0.3 is 5.97 Å². The second-order valence-corrected chi connectivity index (χ2v) is 6.25. The molecule has 0 bridgehead atoms. The number of amides is 1. The first-order valence-corrected chi connectivity index (χ1v) is 8.64. The Morgan fingerprint density at radius 2 is 1.61 bits per heavy atom. The maximum Gasteiger partial charge on any atom is 0.337 e. The minimum Gasteiger partial charge on any atom is -0.465 e. The van der Waals surface area contributed by atoms with Crippen molar-refractivity contribution in [1.29, 1.82) is 0 Å². The fourth-order valence-corrected chi connectivity index (χ4v) is 2.53. The van der Waals surface area contributed by atoms with Crippen LogP contribution in [0, 0.1) is 13.8 Å². The first-order chi connectivity index (χ1) is 13.5. The number of benzene rings is 2. The number of aromatic nitrogens is 2. The Labute approximate surface area is 162 Å². The van der Waals surface area contributed by atoms with Gasteiger partial charge in [0.25, 0.3) is 5.91 Å². The number of hydrogen-bond acceptors (Lipinski definition) is 6. The van der Waals surface area contributed by atoms with Crippen molar-refractivity contribution in [2.75, 3.05) is 17.7 Å². The number of aryl methyl sites for hydroxylation is 2. The van der Waals surface area contributed by atoms with E-state index in [-0.39, 0.29) is 5.91 Å². The molecule has 28 heavy (non-hydrogen) atoms. The topological polar surface area (TPSA) is 93.2 Å². The van der Waals surface area contributed by atoms with Gasteiger partial charge in [0.2, 0.25) is 0 Å². The Balaban J connectivity index is 1.67. The molecule has 0 spiro atoms. The molecule has 2 N–H and O–H groups in total. The van der Waals surface area contributed by atoms with Crippen LogP contribution in [0.25, 0.3) is 0 Å². The van der Waals surface area contributed by atoms with E-state index < -0.39 is 5.97 Å². The van der Waals surface area contributed by atoms with Crippen molar-refractivity contribution in [2.24, 2.45) is 0 Å². The van der Waals surface area contributed by atoms with Gasteiger partial charge < -0.3 is 15.4 Å². The molecule has 2 aromatic carbocycles. The Hall–Kier alpha value is -3.74. The van der Waals surface area contributed by atoms with Crippen LogP contribution in [-0.2, 0) is 4.74 Å². The van der Waals surface area contributed by atoms with Crippen LogP contribution in [0.2, 0.25) is 0 Å². The van der Waals surface area contributed by atoms with Crippen molar-refractivity contribution in [3.63, 3.8) is 0 Å². The van der Waals surface area contributed by atoms with Gasteiger partial charge in [-0.05, 0) is 67.4 Å². The SMILES string of the molecule is COC(=O)c1cccc(Nc2ccc(NC(=O)c3ccc(C)c(C)c3)nn2)c1. The van der Waals surface area contributed by atoms with Crippen molar-refractivity contribution in [2.45, 2.75) is 13.8 Å². The Morgan fingerprint density at radius 1 is 0.857 bits per heavy atom. The number of nitrogens with one attached hydrogen (secondary N) is 2. The molecular formula is C21H20N4O3. The lowest BCUT2D eigenvalue weighted by Crippen LogP contribution is -2.13. The molecule has 0 saturated heterocycles. The van der Waals surface area contributed by atoms with Crippen molar-refractivity contribution < 1.29 is 14.3 Å². The number of carbonyl (C=O) groups is 2. The largest absolute Gasteiger partial charge is 0.465 e. The summed E-state index contributed by atoms with van der Waals surface area (Å²) in [4.78, 5) is 23.9. The van der Waals surface area contributed by atoms with Crippen LogP contribution in [0.5, 0.6) is 0 Å². The smallest absolute Gasteiger partial charge is 0.337 e. The molecule has 0 saturated carbocycles. The van der Waals surface area contributed by atoms with Gasteiger partial charge in [0, 0.05) is 11.3 Å². The van der Waals surface area contributed by atoms with E-state index in [1.54, 1.807) is 42.5 Å². The summed E-state index contributed by atoms with van der Waals surface area (Å²) >= 11 is 0. The summed E-state index contributed by atoms with van der Waals surface area (Å²) in [5, 5.41) is 13.9. The molecule has 3 rings (SSSR count). The summed E-state index contributed by atoms with van der Waals surface area (Å²) in [6.45, 7) is 3.96. The maximum absolute atomic E-state index is 12.3. The summed E-state index contributed by atoms with van der Waals surface area (Å²) < 4.78 is 4.71. The number of esters is 1. The summed E-state index contributed by atoms with van der Waals surface area (Å²) in [5.41, 5.74) is 3.84. The fourth-order valence-electron chi connectivity index (χ4n) is 2.53. The fraction of sp³-hybridized carbons (Fsp3) is 0.143. The molecule has 3 aromatic rings. The van der Waals surface area contributed by atoms with Crippen LogP contribution in [-0.4, -0.2) is 29.2 Å². The molecule has 0 radical (unpaired) electrons. The first kappa shape index (κ1) is 19.0. The quantitative estimate of drug-likeness (QED) is 0.657. The number of methoxy groups -OCH3 is 1. The Morgan fingerprint density at radius 3 is 2.29 bits per heavy atom. The molecule has 1 amide bonds. The van der Waals surface area contributed by atoms with Crippen LogP contribution >= 0.6 is 0 Å². The minimum absolute atomic E-state index is 0.246. The first-order valence-electron chi connectivity index (χ1n) is 8.64. The van der Waals surface area contributed by atoms with Crippen LogP contribution in [0.1, 0.15) is 31.8 Å². The number of ether oxygens (including phenoxy) is 1. The zero-order valence-electron chi connectivity index (χ0n) is 15.8. The van der Waals surface area contributed by atoms with Crippen LogP contribution < -0.4 is 10.6 Å². The lowest BCUT2D eigenvalue weighted by Gasteiger charge is -2.08. The van der Waals surface area contributed by atoms with E-state index in [2.05, 4.69) is 20.8 Å². The van der Waals surface area contributed by atoms with E-state index in [0.29, 0.717) is 28.5 Å². The summed E-state index contributed by atoms with van der Waals surface area (Å²) in [6.07, 6.45) is 0. The van der Waals surface area contributed by atoms with Crippen LogP contribution in [0.3, 0.4) is 0 Å². The van der Waals surface area contributed by atoms with E-state index in [1.165, 1.54) is 7.11 Å². The molecule has 0 aliphatic rings. The lowest BCUT2D eigenvalue weighted by atomic mass is 10.1. The van der Waals surface area contributed by atoms with E-state index in [1.807, 2.05) is 26.0 Å². The summed E-state index contributed by atoms with van der Waals surface area (Å²) in [5.74, 6) is 0.159. The highest BCUT2D eigenvalue weighted by Gasteiger charge is 2.09. The molecule has 1 aromatic heterocycles. The van der Waals surface area contributed by atoms with Crippen LogP contribution in [0.4, 0.5) is 17.3 Å². The number of nitrogens with zero attached hydrogens (tertiary/aromatic N) is 2. The molecule has 0 fully saturated rings. The highest BCUT2D eigenvalue weighted by atomic mass is 16.5. The number of anilines is 3. The average molecular weight is 376 g/mol. The normalized spacial score (nSPS) is 10.2. The molecule has 142 valence electrons. The van der Waals surface area contributed by atoms with Crippen molar-refractivity contribution in [3.05, 3.63) is 76.9 Å². The number of rotatable bonds is 5. The summed E-state index contributed by atoms with van der Waals surface area (Å²) in [7, 11) is 1.33. The predicted molar refractivity (Wildman–Crippen MR) is 107 cm³/mol. The molecule has 0 atom stereocenters. The Kier molecular flexibility index (Phi) is 5.64. The van der Waals surface area contributed by atoms with Gasteiger partial charge in [-0.1, -0.05) is 12.1 Å². The maximum atomic E-state index is 12.3. The predicted octanol–water partition coefficient (Wildman–Crippen LogP) is 3.88. The zero-order valence-corrected chi connectivity index (χ0v) is 15.8. The second-order valence-electron chi connectivity index (χ2n) is 6.25. The lowest BCUT2D eigenvalue weighted by molar-refractivity contribution is 0.0600. The Bertz CT molecular complexity index is 1020. The third-order valence-electron chi connectivity index (χ3n) is 4.23. The van der Waals surface area contributed by atoms with Gasteiger partial charge in [0.15, 0.2) is 11.6 Å². The number of carbonyl (C=O) groups excluding carboxylic acids is 2. The molecule has 0 aliphatic heterocycles. The molecule has 7 heteroatoms. The molecule has 0 aliphatic carbocycles. The van der Waals surface area contributed by atoms with Crippen molar-refractivity contribution in [3.8, 4) is 0 Å². The molecule has 7 nitrogen and oxygen atoms in total. The average Bonchev–Trinajstić information content (AvgIpc) is 2.71. The van der Waals surface area contributed by atoms with E-state index in [9.17, 15) is 9.59 Å². The van der Waals surface area contributed by atoms with Gasteiger partial charge in [-0.25, -0.2) is 4.79 Å².